The molecule has 0 aliphatic carbocycles. The molecule has 0 aromatic rings. The molecule has 0 aliphatic heterocycles. The van der Waals surface area contributed by atoms with E-state index in [2.05, 4.69) is 22.6 Å². The van der Waals surface area contributed by atoms with Crippen molar-refractivity contribution in [3.05, 3.63) is 0 Å². The minimum Gasteiger partial charge on any atom is -0.481 e. The summed E-state index contributed by atoms with van der Waals surface area (Å²) < 4.78 is 55.3. The molecule has 0 rings (SSSR count). The highest BCUT2D eigenvalue weighted by molar-refractivity contribution is 14.1. The average Bonchev–Trinajstić information content (AvgIpc) is 3.01. The van der Waals surface area contributed by atoms with Crippen LogP contribution in [0.2, 0.25) is 0 Å². The van der Waals surface area contributed by atoms with Gasteiger partial charge in [0.2, 0.25) is 0 Å². The molecule has 0 saturated heterocycles. The lowest BCUT2D eigenvalue weighted by Gasteiger charge is -2.09. The van der Waals surface area contributed by atoms with E-state index in [1.165, 1.54) is 23.7 Å². The highest BCUT2D eigenvalue weighted by atomic mass is 127. The van der Waals surface area contributed by atoms with Gasteiger partial charge in [-0.1, -0.05) is 35.4 Å². The number of esters is 1. The molecule has 0 amide bonds. The second-order valence-electron chi connectivity index (χ2n) is 9.44. The monoisotopic (exact) mass is 752 g/mol. The maximum atomic E-state index is 11.5. The average molecular weight is 753 g/mol. The van der Waals surface area contributed by atoms with Gasteiger partial charge >= 0.3 is 11.9 Å². The summed E-state index contributed by atoms with van der Waals surface area (Å²) in [6.07, 6.45) is 6.20. The van der Waals surface area contributed by atoms with Crippen LogP contribution in [-0.4, -0.2) is 147 Å². The number of rotatable bonds is 38. The zero-order chi connectivity index (χ0) is 32.0. The van der Waals surface area contributed by atoms with Crippen molar-refractivity contribution in [2.45, 2.75) is 51.4 Å². The van der Waals surface area contributed by atoms with Crippen molar-refractivity contribution < 1.29 is 62.1 Å². The van der Waals surface area contributed by atoms with Gasteiger partial charge in [0, 0.05) is 19.4 Å². The maximum Gasteiger partial charge on any atom is 0.305 e. The van der Waals surface area contributed by atoms with E-state index in [0.717, 1.165) is 13.0 Å². The first kappa shape index (κ1) is 43.3. The van der Waals surface area contributed by atoms with Crippen LogP contribution in [0.4, 0.5) is 0 Å². The third-order valence-corrected chi connectivity index (χ3v) is 6.42. The summed E-state index contributed by atoms with van der Waals surface area (Å²) in [4.78, 5) is 21.9. The number of aliphatic carboxylic acids is 1. The van der Waals surface area contributed by atoms with Crippen LogP contribution in [0.5, 0.6) is 0 Å². The largest absolute Gasteiger partial charge is 0.481 e. The van der Waals surface area contributed by atoms with Crippen molar-refractivity contribution in [3.63, 3.8) is 0 Å². The Hall–Kier alpha value is -0.690. The van der Waals surface area contributed by atoms with Gasteiger partial charge in [0.25, 0.3) is 0 Å². The molecule has 0 unspecified atom stereocenters. The molecule has 13 nitrogen and oxygen atoms in total. The number of alkyl halides is 1. The maximum absolute atomic E-state index is 11.5. The van der Waals surface area contributed by atoms with Crippen LogP contribution in [0.15, 0.2) is 0 Å². The third-order valence-electron chi connectivity index (χ3n) is 5.66. The molecule has 44 heavy (non-hydrogen) atoms. The Balaban J connectivity index is 3.09. The van der Waals surface area contributed by atoms with Gasteiger partial charge in [-0.25, -0.2) is 0 Å². The summed E-state index contributed by atoms with van der Waals surface area (Å²) in [6, 6.07) is 0. The Morgan fingerprint density at radius 2 is 0.705 bits per heavy atom. The van der Waals surface area contributed by atoms with E-state index < -0.39 is 5.97 Å². The van der Waals surface area contributed by atoms with Crippen LogP contribution in [0.25, 0.3) is 0 Å². The highest BCUT2D eigenvalue weighted by Gasteiger charge is 2.04. The predicted octanol–water partition coefficient (Wildman–Crippen LogP) is 3.32. The van der Waals surface area contributed by atoms with Gasteiger partial charge < -0.3 is 52.5 Å². The summed E-state index contributed by atoms with van der Waals surface area (Å²) in [7, 11) is 0. The van der Waals surface area contributed by atoms with Crippen LogP contribution < -0.4 is 0 Å². The van der Waals surface area contributed by atoms with Crippen LogP contribution in [0.3, 0.4) is 0 Å². The molecule has 0 bridgehead atoms. The third kappa shape index (κ3) is 39.3. The fraction of sp³-hybridized carbons (Fsp3) is 0.933. The van der Waals surface area contributed by atoms with Gasteiger partial charge in [-0.05, 0) is 30.1 Å². The van der Waals surface area contributed by atoms with Crippen molar-refractivity contribution in [1.82, 2.24) is 0 Å². The molecule has 0 saturated carbocycles. The second kappa shape index (κ2) is 38.5. The van der Waals surface area contributed by atoms with Crippen molar-refractivity contribution >= 4 is 34.5 Å². The molecule has 0 aromatic carbocycles. The molecule has 262 valence electrons. The molecule has 0 spiro atoms. The molecule has 0 fully saturated rings. The lowest BCUT2D eigenvalue weighted by Crippen LogP contribution is -2.15. The van der Waals surface area contributed by atoms with E-state index >= 15 is 0 Å². The van der Waals surface area contributed by atoms with Crippen molar-refractivity contribution in [2.24, 2.45) is 0 Å². The molecule has 0 aliphatic rings. The van der Waals surface area contributed by atoms with Crippen LogP contribution in [0.1, 0.15) is 51.4 Å². The Morgan fingerprint density at radius 1 is 0.386 bits per heavy atom. The van der Waals surface area contributed by atoms with Crippen LogP contribution >= 0.6 is 22.6 Å². The number of hydrogen-bond acceptors (Lipinski definition) is 12. The van der Waals surface area contributed by atoms with Crippen molar-refractivity contribution in [3.8, 4) is 0 Å². The number of unbranched alkanes of at least 4 members (excludes halogenated alkanes) is 4. The van der Waals surface area contributed by atoms with Gasteiger partial charge in [0.15, 0.2) is 0 Å². The van der Waals surface area contributed by atoms with E-state index in [1.54, 1.807) is 0 Å². The number of hydrogen-bond donors (Lipinski definition) is 1. The van der Waals surface area contributed by atoms with Gasteiger partial charge in [-0.2, -0.15) is 0 Å². The number of carboxylic acid groups (broad SMARTS) is 1. The summed E-state index contributed by atoms with van der Waals surface area (Å²) in [5, 5.41) is 8.54. The fourth-order valence-corrected chi connectivity index (χ4v) is 3.89. The summed E-state index contributed by atoms with van der Waals surface area (Å²) >= 11 is 2.41. The molecule has 0 atom stereocenters. The summed E-state index contributed by atoms with van der Waals surface area (Å²) in [5.41, 5.74) is 0. The zero-order valence-electron chi connectivity index (χ0n) is 26.5. The highest BCUT2D eigenvalue weighted by Crippen LogP contribution is 2.02. The number of carbonyl (C=O) groups excluding carboxylic acids is 1. The lowest BCUT2D eigenvalue weighted by atomic mass is 10.2. The fourth-order valence-electron chi connectivity index (χ4n) is 3.35. The Morgan fingerprint density at radius 3 is 1.07 bits per heavy atom. The predicted molar refractivity (Wildman–Crippen MR) is 172 cm³/mol. The van der Waals surface area contributed by atoms with Gasteiger partial charge in [-0.3, -0.25) is 9.59 Å². The van der Waals surface area contributed by atoms with E-state index in [-0.39, 0.29) is 32.0 Å². The smallest absolute Gasteiger partial charge is 0.305 e. The molecular weight excluding hydrogens is 695 g/mol. The lowest BCUT2D eigenvalue weighted by molar-refractivity contribution is -0.146. The van der Waals surface area contributed by atoms with Crippen molar-refractivity contribution in [1.29, 1.82) is 0 Å². The quantitative estimate of drug-likeness (QED) is 0.0427. The van der Waals surface area contributed by atoms with E-state index in [4.69, 9.17) is 52.5 Å². The molecule has 1 N–H and O–H groups in total. The first-order chi connectivity index (χ1) is 21.7. The normalized spacial score (nSPS) is 11.3. The van der Waals surface area contributed by atoms with Gasteiger partial charge in [-0.15, -0.1) is 0 Å². The Kier molecular flexibility index (Phi) is 37.9. The number of halogens is 1. The molecule has 0 radical (unpaired) electrons. The van der Waals surface area contributed by atoms with Crippen LogP contribution in [-0.2, 0) is 57.0 Å². The Bertz CT molecular complexity index is 601. The van der Waals surface area contributed by atoms with E-state index in [1.807, 2.05) is 0 Å². The standard InChI is InChI=1S/C30H57IO13/c31-9-5-1-2-6-10-35-11-12-36-13-14-37-15-16-38-17-18-39-19-20-40-21-22-41-23-24-42-25-26-43-27-28-44-30(34)8-4-3-7-29(32)33/h1-28H2,(H,32,33). The number of carboxylic acids is 1. The molecule has 0 aromatic heterocycles. The topological polar surface area (TPSA) is 147 Å². The Labute approximate surface area is 277 Å². The van der Waals surface area contributed by atoms with E-state index in [9.17, 15) is 9.59 Å². The molecular formula is C30H57IO13. The molecule has 0 heterocycles. The second-order valence-corrected chi connectivity index (χ2v) is 10.5. The minimum atomic E-state index is -0.860. The SMILES string of the molecule is O=C(O)CCCCC(=O)OCCOCCOCCOCCOCCOCCOCCOCCOCCOCCCCCCI. The summed E-state index contributed by atoms with van der Waals surface area (Å²) in [6.45, 7) is 9.32. The summed E-state index contributed by atoms with van der Waals surface area (Å²) in [5.74, 6) is -1.20. The van der Waals surface area contributed by atoms with Gasteiger partial charge in [0.1, 0.15) is 6.61 Å². The minimum absolute atomic E-state index is 0.0634. The van der Waals surface area contributed by atoms with E-state index in [0.29, 0.717) is 119 Å². The van der Waals surface area contributed by atoms with Crippen molar-refractivity contribution in [2.75, 3.05) is 130 Å². The first-order valence-electron chi connectivity index (χ1n) is 15.8. The number of carbonyl (C=O) groups is 2. The zero-order valence-corrected chi connectivity index (χ0v) is 28.7. The van der Waals surface area contributed by atoms with Crippen LogP contribution in [0, 0.1) is 0 Å². The number of ether oxygens (including phenoxy) is 10. The molecule has 14 heteroatoms. The van der Waals surface area contributed by atoms with Gasteiger partial charge in [0.05, 0.1) is 112 Å². The first-order valence-corrected chi connectivity index (χ1v) is 17.3.